The van der Waals surface area contributed by atoms with Crippen molar-refractivity contribution in [1.29, 1.82) is 0 Å². The van der Waals surface area contributed by atoms with Crippen LogP contribution in [0.2, 0.25) is 5.02 Å². The van der Waals surface area contributed by atoms with Crippen molar-refractivity contribution in [3.63, 3.8) is 0 Å². The van der Waals surface area contributed by atoms with Gasteiger partial charge in [0.05, 0.1) is 10.5 Å². The molecule has 1 aromatic carbocycles. The molecule has 3 nitrogen and oxygen atoms in total. The molecule has 0 atom stereocenters. The van der Waals surface area contributed by atoms with Gasteiger partial charge in [0.25, 0.3) is 0 Å². The first-order chi connectivity index (χ1) is 7.02. The molecule has 0 radical (unpaired) electrons. The van der Waals surface area contributed by atoms with Crippen molar-refractivity contribution in [3.05, 3.63) is 34.7 Å². The summed E-state index contributed by atoms with van der Waals surface area (Å²) in [5.74, 6) is -1.61. The average molecular weight is 228 g/mol. The van der Waals surface area contributed by atoms with Crippen LogP contribution >= 0.6 is 11.6 Å². The Hall–Kier alpha value is -1.55. The monoisotopic (exact) mass is 227 g/mol. The fourth-order valence-electron chi connectivity index (χ4n) is 1.55. The fourth-order valence-corrected chi connectivity index (χ4v) is 1.77. The van der Waals surface area contributed by atoms with E-state index in [1.165, 1.54) is 22.8 Å². The Kier molecular flexibility index (Phi) is 2.16. The molecule has 0 fully saturated rings. The van der Waals surface area contributed by atoms with Gasteiger partial charge in [0.2, 0.25) is 0 Å². The highest BCUT2D eigenvalue weighted by Gasteiger charge is 2.15. The number of carboxylic acid groups (broad SMARTS) is 1. The van der Waals surface area contributed by atoms with E-state index in [-0.39, 0.29) is 10.7 Å². The van der Waals surface area contributed by atoms with Crippen molar-refractivity contribution in [2.75, 3.05) is 0 Å². The second-order valence-electron chi connectivity index (χ2n) is 3.19. The molecule has 0 spiro atoms. The number of rotatable bonds is 1. The zero-order chi connectivity index (χ0) is 11.2. The Morgan fingerprint density at radius 3 is 2.80 bits per heavy atom. The number of carboxylic acids is 1. The molecule has 2 aromatic rings. The van der Waals surface area contributed by atoms with Gasteiger partial charge in [0.15, 0.2) is 0 Å². The maximum Gasteiger partial charge on any atom is 0.352 e. The summed E-state index contributed by atoms with van der Waals surface area (Å²) >= 11 is 5.73. The quantitative estimate of drug-likeness (QED) is 0.814. The Balaban J connectivity index is 2.88. The van der Waals surface area contributed by atoms with Crippen LogP contribution in [0.25, 0.3) is 10.9 Å². The number of benzene rings is 1. The number of carbonyl (C=O) groups is 1. The van der Waals surface area contributed by atoms with Gasteiger partial charge >= 0.3 is 5.97 Å². The van der Waals surface area contributed by atoms with Crippen molar-refractivity contribution in [1.82, 2.24) is 4.57 Å². The van der Waals surface area contributed by atoms with E-state index < -0.39 is 11.8 Å². The van der Waals surface area contributed by atoms with Crippen LogP contribution in [0, 0.1) is 5.82 Å². The van der Waals surface area contributed by atoms with Gasteiger partial charge in [-0.1, -0.05) is 11.6 Å². The highest BCUT2D eigenvalue weighted by atomic mass is 35.5. The third-order valence-electron chi connectivity index (χ3n) is 2.33. The van der Waals surface area contributed by atoms with Crippen molar-refractivity contribution in [3.8, 4) is 0 Å². The first-order valence-corrected chi connectivity index (χ1v) is 4.57. The van der Waals surface area contributed by atoms with E-state index in [1.807, 2.05) is 0 Å². The summed E-state index contributed by atoms with van der Waals surface area (Å²) < 4.78 is 14.6. The summed E-state index contributed by atoms with van der Waals surface area (Å²) in [6.45, 7) is 0. The predicted molar refractivity (Wildman–Crippen MR) is 54.8 cm³/mol. The van der Waals surface area contributed by atoms with E-state index in [2.05, 4.69) is 0 Å². The Labute approximate surface area is 89.7 Å². The summed E-state index contributed by atoms with van der Waals surface area (Å²) in [6.07, 6.45) is 0. The van der Waals surface area contributed by atoms with E-state index >= 15 is 0 Å². The van der Waals surface area contributed by atoms with Gasteiger partial charge in [0, 0.05) is 12.4 Å². The summed E-state index contributed by atoms with van der Waals surface area (Å²) in [5.41, 5.74) is 0.677. The molecule has 1 N–H and O–H groups in total. The summed E-state index contributed by atoms with van der Waals surface area (Å²) in [5, 5.41) is 9.24. The molecule has 5 heteroatoms. The summed E-state index contributed by atoms with van der Waals surface area (Å²) in [7, 11) is 1.60. The molecular weight excluding hydrogens is 221 g/mol. The molecule has 0 aliphatic rings. The first-order valence-electron chi connectivity index (χ1n) is 4.19. The van der Waals surface area contributed by atoms with Gasteiger partial charge in [-0.05, 0) is 18.2 Å². The zero-order valence-corrected chi connectivity index (χ0v) is 8.55. The predicted octanol–water partition coefficient (Wildman–Crippen LogP) is 2.67. The van der Waals surface area contributed by atoms with Gasteiger partial charge < -0.3 is 9.67 Å². The zero-order valence-electron chi connectivity index (χ0n) is 7.79. The maximum absolute atomic E-state index is 13.1. The molecule has 0 bridgehead atoms. The molecule has 0 aliphatic carbocycles. The molecule has 1 aromatic heterocycles. The van der Waals surface area contributed by atoms with Crippen LogP contribution in [0.5, 0.6) is 0 Å². The van der Waals surface area contributed by atoms with Gasteiger partial charge in [-0.2, -0.15) is 0 Å². The minimum Gasteiger partial charge on any atom is -0.477 e. The number of halogens is 2. The van der Waals surface area contributed by atoms with Gasteiger partial charge in [-0.15, -0.1) is 0 Å². The third-order valence-corrected chi connectivity index (χ3v) is 2.72. The fraction of sp³-hybridized carbons (Fsp3) is 0.100. The SMILES string of the molecule is Cn1c(C(=O)O)cc2c(Cl)c(F)ccc21. The van der Waals surface area contributed by atoms with Gasteiger partial charge in [-0.3, -0.25) is 0 Å². The molecule has 0 saturated heterocycles. The van der Waals surface area contributed by atoms with E-state index in [4.69, 9.17) is 16.7 Å². The molecule has 0 saturated carbocycles. The lowest BCUT2D eigenvalue weighted by molar-refractivity contribution is 0.0687. The number of hydrogen-bond donors (Lipinski definition) is 1. The topological polar surface area (TPSA) is 42.2 Å². The summed E-state index contributed by atoms with van der Waals surface area (Å²) in [6, 6.07) is 4.09. The van der Waals surface area contributed by atoms with Crippen molar-refractivity contribution in [2.45, 2.75) is 0 Å². The molecule has 0 unspecified atom stereocenters. The molecule has 2 rings (SSSR count). The van der Waals surface area contributed by atoms with Crippen LogP contribution in [-0.4, -0.2) is 15.6 Å². The lowest BCUT2D eigenvalue weighted by atomic mass is 10.2. The number of hydrogen-bond acceptors (Lipinski definition) is 1. The maximum atomic E-state index is 13.1. The van der Waals surface area contributed by atoms with E-state index in [1.54, 1.807) is 7.05 Å². The Bertz CT molecular complexity index is 562. The highest BCUT2D eigenvalue weighted by Crippen LogP contribution is 2.28. The second-order valence-corrected chi connectivity index (χ2v) is 3.57. The van der Waals surface area contributed by atoms with Crippen LogP contribution < -0.4 is 0 Å². The van der Waals surface area contributed by atoms with Crippen LogP contribution in [-0.2, 0) is 7.05 Å². The van der Waals surface area contributed by atoms with Crippen LogP contribution in [0.1, 0.15) is 10.5 Å². The minimum absolute atomic E-state index is 0.0457. The lowest BCUT2D eigenvalue weighted by Crippen LogP contribution is -2.03. The Morgan fingerprint density at radius 1 is 1.53 bits per heavy atom. The van der Waals surface area contributed by atoms with E-state index in [9.17, 15) is 9.18 Å². The van der Waals surface area contributed by atoms with Crippen molar-refractivity contribution >= 4 is 28.5 Å². The number of aryl methyl sites for hydroxylation is 1. The summed E-state index contributed by atoms with van der Waals surface area (Å²) in [4.78, 5) is 10.8. The Morgan fingerprint density at radius 2 is 2.20 bits per heavy atom. The largest absolute Gasteiger partial charge is 0.477 e. The van der Waals surface area contributed by atoms with Crippen molar-refractivity contribution < 1.29 is 14.3 Å². The average Bonchev–Trinajstić information content (AvgIpc) is 2.51. The highest BCUT2D eigenvalue weighted by molar-refractivity contribution is 6.35. The number of aromatic nitrogens is 1. The number of fused-ring (bicyclic) bond motifs is 1. The second kappa shape index (κ2) is 3.24. The smallest absolute Gasteiger partial charge is 0.352 e. The van der Waals surface area contributed by atoms with Crippen LogP contribution in [0.15, 0.2) is 18.2 Å². The third kappa shape index (κ3) is 1.37. The molecule has 0 aliphatic heterocycles. The van der Waals surface area contributed by atoms with Crippen LogP contribution in [0.4, 0.5) is 4.39 Å². The molecule has 78 valence electrons. The lowest BCUT2D eigenvalue weighted by Gasteiger charge is -1.99. The van der Waals surface area contributed by atoms with Crippen LogP contribution in [0.3, 0.4) is 0 Å². The van der Waals surface area contributed by atoms with Crippen molar-refractivity contribution in [2.24, 2.45) is 7.05 Å². The number of nitrogens with zero attached hydrogens (tertiary/aromatic N) is 1. The first kappa shape index (κ1) is 9.98. The number of aromatic carboxylic acids is 1. The molecule has 1 heterocycles. The van der Waals surface area contributed by atoms with Gasteiger partial charge in [-0.25, -0.2) is 9.18 Å². The van der Waals surface area contributed by atoms with Gasteiger partial charge in [0.1, 0.15) is 11.5 Å². The molecule has 15 heavy (non-hydrogen) atoms. The normalized spacial score (nSPS) is 10.9. The van der Waals surface area contributed by atoms with E-state index in [0.717, 1.165) is 0 Å². The van der Waals surface area contributed by atoms with E-state index in [0.29, 0.717) is 10.9 Å². The molecular formula is C10H7ClFNO2. The standard InChI is InChI=1S/C10H7ClFNO2/c1-13-7-3-2-6(12)9(11)5(7)4-8(13)10(14)15/h2-4H,1H3,(H,14,15). The minimum atomic E-state index is -1.06. The molecule has 0 amide bonds.